The summed E-state index contributed by atoms with van der Waals surface area (Å²) in [5.74, 6) is 3.31. The van der Waals surface area contributed by atoms with Crippen molar-refractivity contribution in [3.8, 4) is 0 Å². The van der Waals surface area contributed by atoms with Crippen LogP contribution in [0, 0.1) is 41.7 Å². The van der Waals surface area contributed by atoms with Gasteiger partial charge in [0.2, 0.25) is 17.8 Å². The van der Waals surface area contributed by atoms with Crippen LogP contribution < -0.4 is 25.4 Å². The summed E-state index contributed by atoms with van der Waals surface area (Å²) >= 11 is 0. The van der Waals surface area contributed by atoms with Crippen molar-refractivity contribution in [2.24, 2.45) is 22.9 Å². The second kappa shape index (κ2) is 14.7. The third-order valence-corrected chi connectivity index (χ3v) is 10.5. The lowest BCUT2D eigenvalue weighted by Gasteiger charge is -2.35. The third-order valence-electron chi connectivity index (χ3n) is 10.5. The molecular weight excluding hydrogens is 604 g/mol. The highest BCUT2D eigenvalue weighted by Gasteiger charge is 2.28. The maximum atomic E-state index is 12.4. The van der Waals surface area contributed by atoms with E-state index in [9.17, 15) is 10.1 Å². The minimum Gasteiger partial charge on any atom is -0.371 e. The van der Waals surface area contributed by atoms with Gasteiger partial charge in [0.1, 0.15) is 5.69 Å². The molecule has 4 heterocycles. The van der Waals surface area contributed by atoms with Crippen molar-refractivity contribution in [3.63, 3.8) is 0 Å². The van der Waals surface area contributed by atoms with Crippen LogP contribution in [0.1, 0.15) is 76.0 Å². The molecule has 0 unspecified atom stereocenters. The number of anilines is 6. The third kappa shape index (κ3) is 7.79. The fourth-order valence-electron chi connectivity index (χ4n) is 6.84. The number of hydrogen-bond acceptors (Lipinski definition) is 11. The number of nitrogens with one attached hydrogen (secondary N) is 2. The Morgan fingerprint density at radius 2 is 1.35 bits per heavy atom. The van der Waals surface area contributed by atoms with Crippen LogP contribution in [-0.4, -0.2) is 65.4 Å². The molecule has 3 saturated heterocycles. The summed E-state index contributed by atoms with van der Waals surface area (Å²) in [7, 11) is 0. The molecule has 2 N–H and O–H groups in total. The topological polar surface area (TPSA) is 128 Å². The molecule has 12 nitrogen and oxygen atoms in total. The van der Waals surface area contributed by atoms with E-state index in [-0.39, 0.29) is 10.6 Å². The number of aryl methyl sites for hydroxylation is 1. The first kappa shape index (κ1) is 33.4. The van der Waals surface area contributed by atoms with Crippen LogP contribution in [-0.2, 0) is 0 Å². The van der Waals surface area contributed by atoms with Gasteiger partial charge in [-0.15, -0.1) is 0 Å². The lowest BCUT2D eigenvalue weighted by Crippen LogP contribution is -2.35. The van der Waals surface area contributed by atoms with Gasteiger partial charge in [0.05, 0.1) is 11.1 Å². The average molecular weight is 655 g/mol. The van der Waals surface area contributed by atoms with E-state index in [1.807, 2.05) is 18.2 Å². The molecule has 12 heteroatoms. The minimum absolute atomic E-state index is 0.113. The Hall–Kier alpha value is -4.48. The maximum Gasteiger partial charge on any atom is 0.293 e. The second-order valence-electron chi connectivity index (χ2n) is 14.2. The average Bonchev–Trinajstić information content (AvgIpc) is 3.08. The first-order valence-corrected chi connectivity index (χ1v) is 17.6. The Kier molecular flexibility index (Phi) is 10.3. The van der Waals surface area contributed by atoms with Gasteiger partial charge in [-0.1, -0.05) is 32.9 Å². The van der Waals surface area contributed by atoms with E-state index in [0.29, 0.717) is 46.8 Å². The number of rotatable bonds is 9. The van der Waals surface area contributed by atoms with Gasteiger partial charge in [0.15, 0.2) is 0 Å². The molecule has 6 rings (SSSR count). The Morgan fingerprint density at radius 3 is 1.96 bits per heavy atom. The molecule has 0 amide bonds. The van der Waals surface area contributed by atoms with E-state index in [4.69, 9.17) is 9.97 Å². The van der Waals surface area contributed by atoms with Gasteiger partial charge in [0, 0.05) is 62.3 Å². The van der Waals surface area contributed by atoms with Crippen molar-refractivity contribution in [3.05, 3.63) is 57.1 Å². The van der Waals surface area contributed by atoms with Crippen LogP contribution >= 0.6 is 0 Å². The van der Waals surface area contributed by atoms with Gasteiger partial charge < -0.3 is 20.0 Å². The monoisotopic (exact) mass is 654 g/mol. The fourth-order valence-corrected chi connectivity index (χ4v) is 6.84. The van der Waals surface area contributed by atoms with E-state index in [2.05, 4.69) is 76.2 Å². The molecule has 3 aliphatic heterocycles. The van der Waals surface area contributed by atoms with Crippen molar-refractivity contribution in [2.45, 2.75) is 73.1 Å². The highest BCUT2D eigenvalue weighted by atomic mass is 16.6. The van der Waals surface area contributed by atoms with Gasteiger partial charge >= 0.3 is 0 Å². The number of piperidine rings is 3. The maximum absolute atomic E-state index is 12.4. The minimum atomic E-state index is -0.261. The van der Waals surface area contributed by atoms with Gasteiger partial charge in [-0.3, -0.25) is 10.1 Å². The largest absolute Gasteiger partial charge is 0.371 e. The molecule has 0 spiro atoms. The molecule has 48 heavy (non-hydrogen) atoms. The first-order chi connectivity index (χ1) is 23.1. The smallest absolute Gasteiger partial charge is 0.293 e. The van der Waals surface area contributed by atoms with Crippen molar-refractivity contribution >= 4 is 46.8 Å². The summed E-state index contributed by atoms with van der Waals surface area (Å²) in [6, 6.07) is 9.82. The lowest BCUT2D eigenvalue weighted by molar-refractivity contribution is -0.384. The first-order valence-electron chi connectivity index (χ1n) is 17.6. The van der Waals surface area contributed by atoms with Gasteiger partial charge in [-0.25, -0.2) is 5.43 Å². The predicted molar refractivity (Wildman–Crippen MR) is 195 cm³/mol. The lowest BCUT2D eigenvalue weighted by atomic mass is 9.96. The van der Waals surface area contributed by atoms with Crippen LogP contribution in [0.2, 0.25) is 0 Å². The summed E-state index contributed by atoms with van der Waals surface area (Å²) in [4.78, 5) is 33.1. The Labute approximate surface area is 284 Å². The number of hydrazone groups is 1. The number of nitro benzene ring substituents is 1. The van der Waals surface area contributed by atoms with Gasteiger partial charge in [-0.2, -0.15) is 20.1 Å². The van der Waals surface area contributed by atoms with E-state index in [1.54, 1.807) is 12.3 Å². The second-order valence-corrected chi connectivity index (χ2v) is 14.2. The van der Waals surface area contributed by atoms with Crippen molar-refractivity contribution in [1.82, 2.24) is 15.0 Å². The molecule has 0 radical (unpaired) electrons. The van der Waals surface area contributed by atoms with E-state index in [1.165, 1.54) is 5.56 Å². The molecule has 0 atom stereocenters. The van der Waals surface area contributed by atoms with Crippen LogP contribution in [0.25, 0.3) is 0 Å². The van der Waals surface area contributed by atoms with E-state index < -0.39 is 0 Å². The number of nitro groups is 1. The Bertz CT molecular complexity index is 1620. The molecule has 0 bridgehead atoms. The molecule has 1 aromatic heterocycles. The summed E-state index contributed by atoms with van der Waals surface area (Å²) < 4.78 is 0. The molecule has 2 aromatic carbocycles. The zero-order valence-corrected chi connectivity index (χ0v) is 29.1. The number of hydrogen-bond donors (Lipinski definition) is 2. The van der Waals surface area contributed by atoms with Crippen LogP contribution in [0.5, 0.6) is 0 Å². The number of nitrogens with zero attached hydrogens (tertiary/aromatic N) is 8. The zero-order valence-electron chi connectivity index (χ0n) is 29.1. The quantitative estimate of drug-likeness (QED) is 0.138. The summed E-state index contributed by atoms with van der Waals surface area (Å²) in [5, 5.41) is 20.4. The SMILES string of the molecule is Cc1cccc(Nc2nc(N/N=C/c3cc([N+](=O)[O-])c(N4CCC(C)CC4)cc3N3CCC(C)CC3)nc(N3CCC(C)CC3)n2)c1C. The van der Waals surface area contributed by atoms with Crippen LogP contribution in [0.15, 0.2) is 35.4 Å². The molecule has 3 fully saturated rings. The normalized spacial score (nSPS) is 18.5. The van der Waals surface area contributed by atoms with E-state index in [0.717, 1.165) is 94.7 Å². The fraction of sp³-hybridized carbons (Fsp3) is 0.556. The van der Waals surface area contributed by atoms with Crippen LogP contribution in [0.4, 0.5) is 40.6 Å². The van der Waals surface area contributed by atoms with Gasteiger partial charge in [0.25, 0.3) is 5.69 Å². The molecule has 0 saturated carbocycles. The summed E-state index contributed by atoms with van der Waals surface area (Å²) in [6.07, 6.45) is 8.07. The van der Waals surface area contributed by atoms with Crippen molar-refractivity contribution in [2.75, 3.05) is 64.7 Å². The molecule has 3 aliphatic rings. The summed E-state index contributed by atoms with van der Waals surface area (Å²) in [6.45, 7) is 16.2. The van der Waals surface area contributed by atoms with Crippen molar-refractivity contribution < 1.29 is 4.92 Å². The van der Waals surface area contributed by atoms with Crippen molar-refractivity contribution in [1.29, 1.82) is 0 Å². The summed E-state index contributed by atoms with van der Waals surface area (Å²) in [5.41, 5.74) is 8.77. The predicted octanol–water partition coefficient (Wildman–Crippen LogP) is 7.30. The van der Waals surface area contributed by atoms with Gasteiger partial charge in [-0.05, 0) is 93.4 Å². The number of benzene rings is 2. The van der Waals surface area contributed by atoms with E-state index >= 15 is 0 Å². The highest BCUT2D eigenvalue weighted by Crippen LogP contribution is 2.38. The van der Waals surface area contributed by atoms with Crippen LogP contribution in [0.3, 0.4) is 0 Å². The standard InChI is InChI=1S/C36H50N10O2/c1-24-9-15-43(16-10-24)31-22-32(44-17-11-25(2)12-18-44)33(46(47)48)21-29(31)23-37-42-35-39-34(38-30-8-6-7-27(4)28(30)5)40-36(41-35)45-19-13-26(3)14-20-45/h6-8,21-26H,9-20H2,1-5H3,(H2,38,39,40,41,42)/b37-23+. The molecule has 0 aliphatic carbocycles. The number of aromatic nitrogens is 3. The molecular formula is C36H50N10O2. The molecule has 3 aromatic rings. The zero-order chi connectivity index (χ0) is 33.8. The highest BCUT2D eigenvalue weighted by molar-refractivity contribution is 5.92. The Morgan fingerprint density at radius 1 is 0.792 bits per heavy atom. The molecule has 256 valence electrons. The Balaban J connectivity index is 1.32.